The van der Waals surface area contributed by atoms with Crippen LogP contribution in [0.4, 0.5) is 17.2 Å². The van der Waals surface area contributed by atoms with Crippen LogP contribution in [-0.4, -0.2) is 15.9 Å². The van der Waals surface area contributed by atoms with Gasteiger partial charge >= 0.3 is 0 Å². The predicted molar refractivity (Wildman–Crippen MR) is 105 cm³/mol. The van der Waals surface area contributed by atoms with Crippen LogP contribution in [0.3, 0.4) is 0 Å². The van der Waals surface area contributed by atoms with E-state index in [9.17, 15) is 4.79 Å². The average Bonchev–Trinajstić information content (AvgIpc) is 2.57. The van der Waals surface area contributed by atoms with E-state index in [2.05, 4.69) is 20.6 Å². The molecule has 0 aliphatic rings. The van der Waals surface area contributed by atoms with Crippen LogP contribution in [0.5, 0.6) is 0 Å². The molecule has 0 saturated heterocycles. The van der Waals surface area contributed by atoms with Gasteiger partial charge in [0, 0.05) is 17.4 Å². The Hall–Kier alpha value is -3.21. The fourth-order valence-corrected chi connectivity index (χ4v) is 2.63. The molecule has 0 saturated carbocycles. The lowest BCUT2D eigenvalue weighted by Gasteiger charge is -2.10. The Morgan fingerprint density at radius 3 is 2.38 bits per heavy atom. The van der Waals surface area contributed by atoms with Gasteiger partial charge in [0.05, 0.1) is 0 Å². The Balaban J connectivity index is 1.82. The van der Waals surface area contributed by atoms with Gasteiger partial charge in [-0.2, -0.15) is 0 Å². The molecule has 26 heavy (non-hydrogen) atoms. The van der Waals surface area contributed by atoms with E-state index in [0.29, 0.717) is 17.3 Å². The van der Waals surface area contributed by atoms with Crippen LogP contribution in [0.15, 0.2) is 48.5 Å². The molecule has 1 aromatic heterocycles. The Bertz CT molecular complexity index is 966. The number of amides is 1. The van der Waals surface area contributed by atoms with Crippen LogP contribution < -0.4 is 10.6 Å². The number of nitrogens with one attached hydrogen (secondary N) is 2. The van der Waals surface area contributed by atoms with E-state index in [-0.39, 0.29) is 5.91 Å². The van der Waals surface area contributed by atoms with Gasteiger partial charge in [-0.25, -0.2) is 9.97 Å². The summed E-state index contributed by atoms with van der Waals surface area (Å²) < 4.78 is 0. The van der Waals surface area contributed by atoms with Crippen molar-refractivity contribution in [3.05, 3.63) is 76.7 Å². The molecule has 3 rings (SSSR count). The molecular weight excluding hydrogens is 324 g/mol. The molecule has 0 spiro atoms. The number of carbonyl (C=O) groups excluding carboxylic acids is 1. The van der Waals surface area contributed by atoms with Crippen LogP contribution in [-0.2, 0) is 0 Å². The van der Waals surface area contributed by atoms with Crippen molar-refractivity contribution in [3.8, 4) is 0 Å². The monoisotopic (exact) mass is 346 g/mol. The molecule has 0 aliphatic carbocycles. The highest BCUT2D eigenvalue weighted by Gasteiger charge is 2.11. The maximum Gasteiger partial charge on any atom is 0.274 e. The van der Waals surface area contributed by atoms with Crippen molar-refractivity contribution in [2.75, 3.05) is 10.6 Å². The van der Waals surface area contributed by atoms with Gasteiger partial charge in [0.15, 0.2) is 0 Å². The molecule has 0 radical (unpaired) electrons. The van der Waals surface area contributed by atoms with Crippen LogP contribution in [0.1, 0.15) is 33.0 Å². The maximum atomic E-state index is 12.6. The van der Waals surface area contributed by atoms with Crippen LogP contribution in [0.2, 0.25) is 0 Å². The summed E-state index contributed by atoms with van der Waals surface area (Å²) in [4.78, 5) is 21.2. The first-order valence-corrected chi connectivity index (χ1v) is 8.49. The van der Waals surface area contributed by atoms with Gasteiger partial charge in [-0.1, -0.05) is 18.2 Å². The first-order chi connectivity index (χ1) is 12.4. The number of carbonyl (C=O) groups is 1. The summed E-state index contributed by atoms with van der Waals surface area (Å²) in [5.41, 5.74) is 5.46. The zero-order valence-electron chi connectivity index (χ0n) is 15.4. The Kier molecular flexibility index (Phi) is 4.98. The molecule has 5 nitrogen and oxygen atoms in total. The van der Waals surface area contributed by atoms with Crippen molar-refractivity contribution in [1.82, 2.24) is 9.97 Å². The van der Waals surface area contributed by atoms with E-state index < -0.39 is 0 Å². The predicted octanol–water partition coefficient (Wildman–Crippen LogP) is 4.71. The number of anilines is 3. The molecule has 132 valence electrons. The third-order valence-electron chi connectivity index (χ3n) is 4.13. The molecule has 2 N–H and O–H groups in total. The molecule has 2 aromatic carbocycles. The van der Waals surface area contributed by atoms with Crippen molar-refractivity contribution in [2.24, 2.45) is 0 Å². The van der Waals surface area contributed by atoms with E-state index in [0.717, 1.165) is 22.5 Å². The van der Waals surface area contributed by atoms with Gasteiger partial charge in [0.1, 0.15) is 17.3 Å². The number of aromatic nitrogens is 2. The summed E-state index contributed by atoms with van der Waals surface area (Å²) in [6, 6.07) is 15.5. The number of nitrogens with zero attached hydrogens (tertiary/aromatic N) is 2. The van der Waals surface area contributed by atoms with Crippen molar-refractivity contribution in [1.29, 1.82) is 0 Å². The largest absolute Gasteiger partial charge is 0.340 e. The molecule has 0 aliphatic heterocycles. The van der Waals surface area contributed by atoms with Crippen molar-refractivity contribution in [2.45, 2.75) is 27.7 Å². The van der Waals surface area contributed by atoms with E-state index >= 15 is 0 Å². The smallest absolute Gasteiger partial charge is 0.274 e. The quantitative estimate of drug-likeness (QED) is 0.718. The minimum absolute atomic E-state index is 0.258. The Morgan fingerprint density at radius 2 is 1.65 bits per heavy atom. The van der Waals surface area contributed by atoms with Gasteiger partial charge < -0.3 is 10.6 Å². The Morgan fingerprint density at radius 1 is 0.846 bits per heavy atom. The van der Waals surface area contributed by atoms with Crippen molar-refractivity contribution in [3.63, 3.8) is 0 Å². The summed E-state index contributed by atoms with van der Waals surface area (Å²) >= 11 is 0. The molecule has 0 atom stereocenters. The van der Waals surface area contributed by atoms with E-state index in [1.807, 2.05) is 63.2 Å². The van der Waals surface area contributed by atoms with Gasteiger partial charge in [-0.05, 0) is 68.7 Å². The molecule has 3 aromatic rings. The summed E-state index contributed by atoms with van der Waals surface area (Å²) in [5, 5.41) is 6.13. The van der Waals surface area contributed by atoms with E-state index in [1.165, 1.54) is 5.56 Å². The SMILES string of the molecule is Cc1cccc(Nc2cc(C(=O)Nc3ccc(C)c(C)c3)nc(C)n2)c1. The van der Waals surface area contributed by atoms with Gasteiger partial charge in [-0.15, -0.1) is 0 Å². The summed E-state index contributed by atoms with van der Waals surface area (Å²) in [7, 11) is 0. The van der Waals surface area contributed by atoms with Gasteiger partial charge in [0.25, 0.3) is 5.91 Å². The second-order valence-electron chi connectivity index (χ2n) is 6.43. The van der Waals surface area contributed by atoms with E-state index in [4.69, 9.17) is 0 Å². The highest BCUT2D eigenvalue weighted by Crippen LogP contribution is 2.18. The molecular formula is C21H22N4O. The topological polar surface area (TPSA) is 66.9 Å². The standard InChI is InChI=1S/C21H22N4O/c1-13-6-5-7-17(10-13)24-20-12-19(22-16(4)23-20)21(26)25-18-9-8-14(2)15(3)11-18/h5-12H,1-4H3,(H,25,26)(H,22,23,24). The fourth-order valence-electron chi connectivity index (χ4n) is 2.63. The number of hydrogen-bond donors (Lipinski definition) is 2. The molecule has 5 heteroatoms. The first-order valence-electron chi connectivity index (χ1n) is 8.49. The minimum atomic E-state index is -0.258. The molecule has 1 heterocycles. The second-order valence-corrected chi connectivity index (χ2v) is 6.43. The first kappa shape index (κ1) is 17.6. The third-order valence-corrected chi connectivity index (χ3v) is 4.13. The number of rotatable bonds is 4. The molecule has 0 bridgehead atoms. The lowest BCUT2D eigenvalue weighted by Crippen LogP contribution is -2.15. The highest BCUT2D eigenvalue weighted by molar-refractivity contribution is 6.03. The maximum absolute atomic E-state index is 12.6. The number of aryl methyl sites for hydroxylation is 4. The molecule has 0 unspecified atom stereocenters. The highest BCUT2D eigenvalue weighted by atomic mass is 16.1. The number of hydrogen-bond acceptors (Lipinski definition) is 4. The third kappa shape index (κ3) is 4.25. The zero-order valence-corrected chi connectivity index (χ0v) is 15.4. The Labute approximate surface area is 153 Å². The number of benzene rings is 2. The summed E-state index contributed by atoms with van der Waals surface area (Å²) in [6.45, 7) is 7.86. The zero-order chi connectivity index (χ0) is 18.7. The molecule has 1 amide bonds. The van der Waals surface area contributed by atoms with Crippen molar-refractivity contribution < 1.29 is 4.79 Å². The normalized spacial score (nSPS) is 10.5. The lowest BCUT2D eigenvalue weighted by molar-refractivity contribution is 0.102. The van der Waals surface area contributed by atoms with Crippen LogP contribution in [0.25, 0.3) is 0 Å². The summed E-state index contributed by atoms with van der Waals surface area (Å²) in [6.07, 6.45) is 0. The lowest BCUT2D eigenvalue weighted by atomic mass is 10.1. The summed E-state index contributed by atoms with van der Waals surface area (Å²) in [5.74, 6) is 0.868. The van der Waals surface area contributed by atoms with Crippen molar-refractivity contribution >= 4 is 23.1 Å². The van der Waals surface area contributed by atoms with Gasteiger partial charge in [0.2, 0.25) is 0 Å². The van der Waals surface area contributed by atoms with E-state index in [1.54, 1.807) is 13.0 Å². The second kappa shape index (κ2) is 7.35. The average molecular weight is 346 g/mol. The van der Waals surface area contributed by atoms with Crippen LogP contribution >= 0.6 is 0 Å². The minimum Gasteiger partial charge on any atom is -0.340 e. The molecule has 0 fully saturated rings. The van der Waals surface area contributed by atoms with Crippen LogP contribution in [0, 0.1) is 27.7 Å². The van der Waals surface area contributed by atoms with Gasteiger partial charge in [-0.3, -0.25) is 4.79 Å². The fraction of sp³-hybridized carbons (Fsp3) is 0.190.